The fourth-order valence-electron chi connectivity index (χ4n) is 2.53. The molecule has 0 heterocycles. The van der Waals surface area contributed by atoms with Gasteiger partial charge >= 0.3 is 0 Å². The van der Waals surface area contributed by atoms with Gasteiger partial charge in [0.05, 0.1) is 0 Å². The number of benzene rings is 1. The number of ketones is 1. The monoisotopic (exact) mass is 250 g/mol. The summed E-state index contributed by atoms with van der Waals surface area (Å²) in [6.07, 6.45) is 7.50. The molecule has 1 unspecified atom stereocenters. The molecule has 1 saturated carbocycles. The first-order valence-corrected chi connectivity index (χ1v) is 6.90. The maximum absolute atomic E-state index is 12.0. The zero-order chi connectivity index (χ0) is 12.1. The first kappa shape index (κ1) is 12.6. The quantitative estimate of drug-likeness (QED) is 0.759. The van der Waals surface area contributed by atoms with Gasteiger partial charge in [-0.2, -0.15) is 0 Å². The molecule has 0 saturated heterocycles. The third kappa shape index (κ3) is 3.85. The Morgan fingerprint density at radius 1 is 1.06 bits per heavy atom. The summed E-state index contributed by atoms with van der Waals surface area (Å²) >= 11 is 5.86. The molecule has 2 heteroatoms. The molecule has 1 aliphatic carbocycles. The Labute approximate surface area is 108 Å². The van der Waals surface area contributed by atoms with Gasteiger partial charge in [-0.25, -0.2) is 0 Å². The SMILES string of the molecule is O=C1CCCCCCC1Cc1ccc(Cl)cc1. The molecule has 1 nitrogen and oxygen atoms in total. The normalized spacial score (nSPS) is 21.9. The molecular weight excluding hydrogens is 232 g/mol. The highest BCUT2D eigenvalue weighted by Crippen LogP contribution is 2.23. The zero-order valence-corrected chi connectivity index (χ0v) is 10.9. The van der Waals surface area contributed by atoms with Gasteiger partial charge in [0.15, 0.2) is 0 Å². The Balaban J connectivity index is 1.99. The number of hydrogen-bond donors (Lipinski definition) is 0. The van der Waals surface area contributed by atoms with E-state index in [1.165, 1.54) is 24.8 Å². The molecule has 0 radical (unpaired) electrons. The van der Waals surface area contributed by atoms with E-state index in [0.717, 1.165) is 30.7 Å². The predicted molar refractivity (Wildman–Crippen MR) is 71.4 cm³/mol. The molecule has 0 aliphatic heterocycles. The van der Waals surface area contributed by atoms with E-state index >= 15 is 0 Å². The summed E-state index contributed by atoms with van der Waals surface area (Å²) in [5.41, 5.74) is 1.23. The van der Waals surface area contributed by atoms with E-state index in [1.54, 1.807) is 0 Å². The van der Waals surface area contributed by atoms with Gasteiger partial charge in [0.25, 0.3) is 0 Å². The minimum atomic E-state index is 0.233. The number of rotatable bonds is 2. The van der Waals surface area contributed by atoms with Gasteiger partial charge in [-0.1, -0.05) is 43.0 Å². The summed E-state index contributed by atoms with van der Waals surface area (Å²) in [5.74, 6) is 0.691. The molecule has 0 N–H and O–H groups in total. The van der Waals surface area contributed by atoms with Crippen LogP contribution in [0.15, 0.2) is 24.3 Å². The van der Waals surface area contributed by atoms with Gasteiger partial charge in [0.2, 0.25) is 0 Å². The van der Waals surface area contributed by atoms with Gasteiger partial charge in [0.1, 0.15) is 5.78 Å². The van der Waals surface area contributed by atoms with E-state index in [4.69, 9.17) is 11.6 Å². The van der Waals surface area contributed by atoms with Crippen molar-refractivity contribution in [1.82, 2.24) is 0 Å². The average Bonchev–Trinajstić information content (AvgIpc) is 2.31. The smallest absolute Gasteiger partial charge is 0.136 e. The highest BCUT2D eigenvalue weighted by atomic mass is 35.5. The van der Waals surface area contributed by atoms with E-state index in [2.05, 4.69) is 0 Å². The first-order valence-electron chi connectivity index (χ1n) is 6.53. The summed E-state index contributed by atoms with van der Waals surface area (Å²) in [7, 11) is 0. The van der Waals surface area contributed by atoms with Crippen molar-refractivity contribution in [2.24, 2.45) is 5.92 Å². The van der Waals surface area contributed by atoms with E-state index in [0.29, 0.717) is 5.78 Å². The lowest BCUT2D eigenvalue weighted by molar-refractivity contribution is -0.123. The molecule has 17 heavy (non-hydrogen) atoms. The first-order chi connectivity index (χ1) is 8.25. The Morgan fingerprint density at radius 3 is 2.53 bits per heavy atom. The van der Waals surface area contributed by atoms with Crippen molar-refractivity contribution in [2.45, 2.75) is 44.9 Å². The maximum Gasteiger partial charge on any atom is 0.136 e. The van der Waals surface area contributed by atoms with Crippen LogP contribution in [-0.2, 0) is 11.2 Å². The van der Waals surface area contributed by atoms with E-state index in [1.807, 2.05) is 24.3 Å². The fraction of sp³-hybridized carbons (Fsp3) is 0.533. The van der Waals surface area contributed by atoms with Gasteiger partial charge in [-0.05, 0) is 37.0 Å². The van der Waals surface area contributed by atoms with Crippen molar-refractivity contribution < 1.29 is 4.79 Å². The maximum atomic E-state index is 12.0. The second-order valence-electron chi connectivity index (χ2n) is 4.95. The Hall–Kier alpha value is -0.820. The molecule has 2 rings (SSSR count). The largest absolute Gasteiger partial charge is 0.299 e. The van der Waals surface area contributed by atoms with Crippen LogP contribution in [0, 0.1) is 5.92 Å². The van der Waals surface area contributed by atoms with Crippen molar-refractivity contribution in [2.75, 3.05) is 0 Å². The number of halogens is 1. The van der Waals surface area contributed by atoms with Crippen LogP contribution in [0.2, 0.25) is 5.02 Å². The van der Waals surface area contributed by atoms with Crippen molar-refractivity contribution in [3.8, 4) is 0 Å². The standard InChI is InChI=1S/C15H19ClO/c16-14-9-7-12(8-10-14)11-13-5-3-1-2-4-6-15(13)17/h7-10,13H,1-6,11H2. The van der Waals surface area contributed by atoms with E-state index in [9.17, 15) is 4.79 Å². The number of hydrogen-bond acceptors (Lipinski definition) is 1. The fourth-order valence-corrected chi connectivity index (χ4v) is 2.66. The van der Waals surface area contributed by atoms with Gasteiger partial charge in [0, 0.05) is 17.4 Å². The minimum absolute atomic E-state index is 0.233. The topological polar surface area (TPSA) is 17.1 Å². The highest BCUT2D eigenvalue weighted by Gasteiger charge is 2.19. The van der Waals surface area contributed by atoms with Crippen molar-refractivity contribution in [1.29, 1.82) is 0 Å². The summed E-state index contributed by atoms with van der Waals surface area (Å²) in [6.45, 7) is 0. The molecule has 92 valence electrons. The van der Waals surface area contributed by atoms with Gasteiger partial charge < -0.3 is 0 Å². The number of carbonyl (C=O) groups is 1. The Kier molecular flexibility index (Phi) is 4.61. The Morgan fingerprint density at radius 2 is 1.76 bits per heavy atom. The van der Waals surface area contributed by atoms with Crippen LogP contribution in [0.25, 0.3) is 0 Å². The van der Waals surface area contributed by atoms with Crippen molar-refractivity contribution >= 4 is 17.4 Å². The molecule has 1 aromatic rings. The van der Waals surface area contributed by atoms with Crippen LogP contribution < -0.4 is 0 Å². The average molecular weight is 251 g/mol. The van der Waals surface area contributed by atoms with Crippen LogP contribution in [0.5, 0.6) is 0 Å². The summed E-state index contributed by atoms with van der Waals surface area (Å²) in [4.78, 5) is 12.0. The molecule has 0 bridgehead atoms. The molecule has 1 atom stereocenters. The second kappa shape index (κ2) is 6.20. The molecule has 1 fully saturated rings. The molecule has 1 aliphatic rings. The van der Waals surface area contributed by atoms with Crippen molar-refractivity contribution in [3.05, 3.63) is 34.9 Å². The summed E-state index contributed by atoms with van der Waals surface area (Å²) < 4.78 is 0. The van der Waals surface area contributed by atoms with Crippen LogP contribution in [0.1, 0.15) is 44.1 Å². The molecule has 1 aromatic carbocycles. The van der Waals surface area contributed by atoms with Crippen LogP contribution in [0.3, 0.4) is 0 Å². The highest BCUT2D eigenvalue weighted by molar-refractivity contribution is 6.30. The lowest BCUT2D eigenvalue weighted by atomic mass is 9.86. The third-order valence-electron chi connectivity index (χ3n) is 3.58. The van der Waals surface area contributed by atoms with Crippen LogP contribution >= 0.6 is 11.6 Å². The molecule has 0 aromatic heterocycles. The number of Topliss-reactive ketones (excluding diaryl/α,β-unsaturated/α-hetero) is 1. The molecular formula is C15H19ClO. The van der Waals surface area contributed by atoms with Crippen molar-refractivity contribution in [3.63, 3.8) is 0 Å². The summed E-state index contributed by atoms with van der Waals surface area (Å²) in [6, 6.07) is 7.89. The molecule has 0 spiro atoms. The van der Waals surface area contributed by atoms with E-state index < -0.39 is 0 Å². The third-order valence-corrected chi connectivity index (χ3v) is 3.83. The molecule has 0 amide bonds. The zero-order valence-electron chi connectivity index (χ0n) is 10.1. The van der Waals surface area contributed by atoms with Crippen LogP contribution in [-0.4, -0.2) is 5.78 Å². The lowest BCUT2D eigenvalue weighted by Crippen LogP contribution is -2.18. The van der Waals surface area contributed by atoms with E-state index in [-0.39, 0.29) is 5.92 Å². The summed E-state index contributed by atoms with van der Waals surface area (Å²) in [5, 5.41) is 0.762. The predicted octanol–water partition coefficient (Wildman–Crippen LogP) is 4.42. The van der Waals surface area contributed by atoms with Gasteiger partial charge in [-0.15, -0.1) is 0 Å². The second-order valence-corrected chi connectivity index (χ2v) is 5.38. The van der Waals surface area contributed by atoms with Crippen LogP contribution in [0.4, 0.5) is 0 Å². The Bertz CT molecular complexity index is 369. The lowest BCUT2D eigenvalue weighted by Gasteiger charge is -2.18. The number of carbonyl (C=O) groups excluding carboxylic acids is 1. The van der Waals surface area contributed by atoms with Gasteiger partial charge in [-0.3, -0.25) is 4.79 Å². The minimum Gasteiger partial charge on any atom is -0.299 e.